The number of carbonyl (C=O) groups excluding carboxylic acids is 3. The summed E-state index contributed by atoms with van der Waals surface area (Å²) in [5, 5.41) is 7.60. The Balaban J connectivity index is 1.33. The van der Waals surface area contributed by atoms with Gasteiger partial charge in [0.25, 0.3) is 11.8 Å². The van der Waals surface area contributed by atoms with Gasteiger partial charge in [-0.05, 0) is 90.9 Å². The van der Waals surface area contributed by atoms with Gasteiger partial charge in [-0.2, -0.15) is 0 Å². The van der Waals surface area contributed by atoms with Crippen LogP contribution in [-0.4, -0.2) is 24.3 Å². The van der Waals surface area contributed by atoms with Gasteiger partial charge < -0.3 is 20.7 Å². The Morgan fingerprint density at radius 1 is 0.833 bits per heavy atom. The number of rotatable bonds is 12. The smallest absolute Gasteiger partial charge is 0.272 e. The zero-order chi connectivity index (χ0) is 33.9. The quantitative estimate of drug-likeness (QED) is 0.0883. The van der Waals surface area contributed by atoms with Gasteiger partial charge >= 0.3 is 0 Å². The van der Waals surface area contributed by atoms with Gasteiger partial charge in [-0.1, -0.05) is 76.6 Å². The van der Waals surface area contributed by atoms with E-state index in [4.69, 9.17) is 4.74 Å². The normalized spacial score (nSPS) is 11.7. The summed E-state index contributed by atoms with van der Waals surface area (Å²) < 4.78 is 20.6. The van der Waals surface area contributed by atoms with Crippen LogP contribution in [0.5, 0.6) is 5.75 Å². The molecular weight excluding hydrogens is 693 g/mol. The number of amides is 3. The molecule has 7 nitrogen and oxygen atoms in total. The summed E-state index contributed by atoms with van der Waals surface area (Å²) in [6, 6.07) is 36.4. The molecule has 1 unspecified atom stereocenters. The number of ether oxygens (including phenoxy) is 1. The summed E-state index contributed by atoms with van der Waals surface area (Å²) in [6.07, 6.45) is 1.59. The van der Waals surface area contributed by atoms with Crippen molar-refractivity contribution in [1.29, 1.82) is 0 Å². The number of benzene rings is 5. The maximum atomic E-state index is 14.5. The Bertz CT molecular complexity index is 1910. The molecule has 5 aromatic carbocycles. The molecule has 0 fully saturated rings. The van der Waals surface area contributed by atoms with E-state index in [9.17, 15) is 18.8 Å². The average molecular weight is 725 g/mol. The van der Waals surface area contributed by atoms with Crippen molar-refractivity contribution in [1.82, 2.24) is 5.32 Å². The molecule has 0 heterocycles. The number of thioether (sulfide) groups is 1. The molecule has 1 atom stereocenters. The molecule has 10 heteroatoms. The fraction of sp³-hybridized carbons (Fsp3) is 0.0789. The lowest BCUT2D eigenvalue weighted by molar-refractivity contribution is -0.116. The first-order valence-corrected chi connectivity index (χ1v) is 16.7. The van der Waals surface area contributed by atoms with E-state index in [2.05, 4.69) is 31.9 Å². The summed E-state index contributed by atoms with van der Waals surface area (Å²) in [4.78, 5) is 40.7. The number of nitrogens with one attached hydrogen (secondary N) is 3. The predicted molar refractivity (Wildman–Crippen MR) is 192 cm³/mol. The maximum Gasteiger partial charge on any atom is 0.272 e. The Morgan fingerprint density at radius 3 is 2.15 bits per heavy atom. The standard InChI is InChI=1S/C38H31BrFN3O4S/c1-2-47-30-18-13-25(14-19-30)23-34(43-36(44)27-11-7-4-8-12-27)37(45)41-29-16-20-31(21-17-29)48-35(26-9-5-3-6-10-26)38(46)42-33-22-15-28(39)24-32(33)40/h3-24,35H,2H2,1H3,(H,41,45)(H,42,46)(H,43,44)/b34-23-. The fourth-order valence-electron chi connectivity index (χ4n) is 4.58. The van der Waals surface area contributed by atoms with E-state index in [0.29, 0.717) is 33.6 Å². The highest BCUT2D eigenvalue weighted by molar-refractivity contribution is 9.10. The predicted octanol–water partition coefficient (Wildman–Crippen LogP) is 8.87. The number of hydrogen-bond donors (Lipinski definition) is 3. The van der Waals surface area contributed by atoms with E-state index in [0.717, 1.165) is 10.5 Å². The topological polar surface area (TPSA) is 96.5 Å². The number of hydrogen-bond acceptors (Lipinski definition) is 5. The second-order valence-corrected chi connectivity index (χ2v) is 12.5. The molecule has 0 saturated heterocycles. The summed E-state index contributed by atoms with van der Waals surface area (Å²) in [5.74, 6) is -1.19. The minimum absolute atomic E-state index is 0.0486. The average Bonchev–Trinajstić information content (AvgIpc) is 3.10. The van der Waals surface area contributed by atoms with Crippen molar-refractivity contribution < 1.29 is 23.5 Å². The molecule has 0 aliphatic rings. The lowest BCUT2D eigenvalue weighted by Crippen LogP contribution is -2.30. The molecule has 0 aliphatic carbocycles. The molecule has 0 radical (unpaired) electrons. The highest BCUT2D eigenvalue weighted by Gasteiger charge is 2.23. The second kappa shape index (κ2) is 16.6. The van der Waals surface area contributed by atoms with Gasteiger partial charge in [-0.25, -0.2) is 4.39 Å². The summed E-state index contributed by atoms with van der Waals surface area (Å²) >= 11 is 4.52. The Labute approximate surface area is 290 Å². The minimum atomic E-state index is -0.688. The molecule has 48 heavy (non-hydrogen) atoms. The SMILES string of the molecule is CCOc1ccc(/C=C(\NC(=O)c2ccccc2)C(=O)Nc2ccc(SC(C(=O)Nc3ccc(Br)cc3F)c3ccccc3)cc2)cc1. The molecule has 0 spiro atoms. The van der Waals surface area contributed by atoms with Crippen molar-refractivity contribution in [3.8, 4) is 5.75 Å². The van der Waals surface area contributed by atoms with Crippen molar-refractivity contribution in [2.75, 3.05) is 17.2 Å². The first-order valence-electron chi connectivity index (χ1n) is 15.0. The number of carbonyl (C=O) groups is 3. The van der Waals surface area contributed by atoms with Crippen molar-refractivity contribution >= 4 is 62.9 Å². The van der Waals surface area contributed by atoms with Crippen LogP contribution in [0.1, 0.15) is 33.7 Å². The van der Waals surface area contributed by atoms with E-state index >= 15 is 0 Å². The van der Waals surface area contributed by atoms with Crippen molar-refractivity contribution in [3.63, 3.8) is 0 Å². The Kier molecular flexibility index (Phi) is 11.8. The van der Waals surface area contributed by atoms with Gasteiger partial charge in [-0.3, -0.25) is 14.4 Å². The Morgan fingerprint density at radius 2 is 1.50 bits per heavy atom. The van der Waals surface area contributed by atoms with Crippen LogP contribution in [0.3, 0.4) is 0 Å². The van der Waals surface area contributed by atoms with Gasteiger partial charge in [0.1, 0.15) is 22.5 Å². The van der Waals surface area contributed by atoms with Crippen molar-refractivity contribution in [2.24, 2.45) is 0 Å². The second-order valence-electron chi connectivity index (χ2n) is 10.4. The molecule has 242 valence electrons. The largest absolute Gasteiger partial charge is 0.494 e. The lowest BCUT2D eigenvalue weighted by atomic mass is 10.1. The molecule has 0 aromatic heterocycles. The fourth-order valence-corrected chi connectivity index (χ4v) is 5.93. The van der Waals surface area contributed by atoms with Crippen LogP contribution in [0, 0.1) is 5.82 Å². The molecule has 0 aliphatic heterocycles. The zero-order valence-corrected chi connectivity index (χ0v) is 28.2. The molecule has 5 aromatic rings. The van der Waals surface area contributed by atoms with E-state index in [1.165, 1.54) is 23.9 Å². The van der Waals surface area contributed by atoms with Gasteiger partial charge in [-0.15, -0.1) is 11.8 Å². The first-order chi connectivity index (χ1) is 23.3. The van der Waals surface area contributed by atoms with Crippen LogP contribution in [0.2, 0.25) is 0 Å². The third-order valence-corrected chi connectivity index (χ3v) is 8.69. The van der Waals surface area contributed by atoms with E-state index < -0.39 is 22.9 Å². The minimum Gasteiger partial charge on any atom is -0.494 e. The third-order valence-electron chi connectivity index (χ3n) is 6.93. The molecule has 0 bridgehead atoms. The van der Waals surface area contributed by atoms with Crippen LogP contribution in [0.4, 0.5) is 15.8 Å². The monoisotopic (exact) mass is 723 g/mol. The molecule has 0 saturated carbocycles. The Hall–Kier alpha value is -5.19. The summed E-state index contributed by atoms with van der Waals surface area (Å²) in [7, 11) is 0. The molecule has 3 N–H and O–H groups in total. The van der Waals surface area contributed by atoms with Gasteiger partial charge in [0.15, 0.2) is 0 Å². The van der Waals surface area contributed by atoms with E-state index in [-0.39, 0.29) is 17.3 Å². The number of anilines is 2. The number of halogens is 2. The highest BCUT2D eigenvalue weighted by Crippen LogP contribution is 2.37. The zero-order valence-electron chi connectivity index (χ0n) is 25.8. The van der Waals surface area contributed by atoms with Crippen LogP contribution in [0.15, 0.2) is 142 Å². The molecule has 5 rings (SSSR count). The van der Waals surface area contributed by atoms with E-state index in [1.807, 2.05) is 37.3 Å². The van der Waals surface area contributed by atoms with Crippen LogP contribution < -0.4 is 20.7 Å². The highest BCUT2D eigenvalue weighted by atomic mass is 79.9. The molecular formula is C38H31BrFN3O4S. The van der Waals surface area contributed by atoms with Crippen LogP contribution in [-0.2, 0) is 9.59 Å². The van der Waals surface area contributed by atoms with Crippen molar-refractivity contribution in [2.45, 2.75) is 17.1 Å². The van der Waals surface area contributed by atoms with Gasteiger partial charge in [0.05, 0.1) is 12.3 Å². The van der Waals surface area contributed by atoms with Gasteiger partial charge in [0, 0.05) is 20.6 Å². The summed E-state index contributed by atoms with van der Waals surface area (Å²) in [5.41, 5.74) is 2.45. The maximum absolute atomic E-state index is 14.5. The van der Waals surface area contributed by atoms with E-state index in [1.54, 1.807) is 91.0 Å². The van der Waals surface area contributed by atoms with Crippen molar-refractivity contribution in [3.05, 3.63) is 160 Å². The molecule has 3 amide bonds. The first kappa shape index (κ1) is 34.2. The van der Waals surface area contributed by atoms with Crippen LogP contribution in [0.25, 0.3) is 6.08 Å². The third kappa shape index (κ3) is 9.43. The lowest BCUT2D eigenvalue weighted by Gasteiger charge is -2.18. The van der Waals surface area contributed by atoms with Gasteiger partial charge in [0.2, 0.25) is 5.91 Å². The van der Waals surface area contributed by atoms with Crippen LogP contribution >= 0.6 is 27.7 Å². The summed E-state index contributed by atoms with van der Waals surface area (Å²) in [6.45, 7) is 2.42.